The fourth-order valence-electron chi connectivity index (χ4n) is 2.22. The van der Waals surface area contributed by atoms with Crippen LogP contribution in [-0.4, -0.2) is 29.5 Å². The van der Waals surface area contributed by atoms with Gasteiger partial charge in [0.15, 0.2) is 11.4 Å². The number of halogens is 3. The Morgan fingerprint density at radius 3 is 2.31 bits per heavy atom. The van der Waals surface area contributed by atoms with Crippen molar-refractivity contribution in [2.45, 2.75) is 11.8 Å². The fraction of sp³-hybridized carbons (Fsp3) is 0.0526. The number of aryl methyl sites for hydroxylation is 1. The molecule has 0 bridgehead atoms. The minimum absolute atomic E-state index is 0.0503. The predicted octanol–water partition coefficient (Wildman–Crippen LogP) is 4.38. The molecule has 0 amide bonds. The molecule has 0 aliphatic rings. The smallest absolute Gasteiger partial charge is 0.356 e. The Bertz CT molecular complexity index is 1330. The highest BCUT2D eigenvalue weighted by Gasteiger charge is 2.20. The number of carboxylic acid groups (broad SMARTS) is 1. The van der Waals surface area contributed by atoms with Crippen molar-refractivity contribution in [1.82, 2.24) is 9.97 Å². The van der Waals surface area contributed by atoms with E-state index in [1.165, 1.54) is 36.5 Å². The molecule has 2 heterocycles. The van der Waals surface area contributed by atoms with E-state index in [-0.39, 0.29) is 21.3 Å². The lowest BCUT2D eigenvalue weighted by atomic mass is 10.2. The summed E-state index contributed by atoms with van der Waals surface area (Å²) in [5.41, 5.74) is 5.80. The first kappa shape index (κ1) is 25.2. The third-order valence-electron chi connectivity index (χ3n) is 3.73. The molecule has 0 fully saturated rings. The van der Waals surface area contributed by atoms with Crippen LogP contribution in [-0.2, 0) is 10.0 Å². The Hall–Kier alpha value is -3.10. The molecule has 0 atom stereocenters. The minimum atomic E-state index is -4.00. The summed E-state index contributed by atoms with van der Waals surface area (Å²) in [6.45, 7) is 1.66. The average Bonchev–Trinajstić information content (AvgIpc) is 2.70. The summed E-state index contributed by atoms with van der Waals surface area (Å²) in [5, 5.41) is 18.4. The van der Waals surface area contributed by atoms with Crippen LogP contribution in [0.3, 0.4) is 0 Å². The molecule has 3 rings (SSSR count). The Labute approximate surface area is 198 Å². The van der Waals surface area contributed by atoms with Gasteiger partial charge in [0.2, 0.25) is 0 Å². The number of benzene rings is 1. The van der Waals surface area contributed by atoms with Crippen LogP contribution in [0.2, 0.25) is 15.1 Å². The van der Waals surface area contributed by atoms with Gasteiger partial charge < -0.3 is 10.8 Å². The lowest BCUT2D eigenvalue weighted by Gasteiger charge is -2.11. The van der Waals surface area contributed by atoms with Crippen LogP contribution >= 0.6 is 34.8 Å². The maximum atomic E-state index is 12.3. The van der Waals surface area contributed by atoms with Crippen molar-refractivity contribution in [3.8, 4) is 6.07 Å². The minimum Gasteiger partial charge on any atom is -0.476 e. The average molecular weight is 515 g/mol. The van der Waals surface area contributed by atoms with Gasteiger partial charge in [-0.25, -0.2) is 23.2 Å². The molecule has 0 unspecified atom stereocenters. The number of aromatic carboxylic acids is 1. The number of nitrogens with zero attached hydrogens (tertiary/aromatic N) is 3. The lowest BCUT2D eigenvalue weighted by molar-refractivity contribution is 0.0692. The van der Waals surface area contributed by atoms with Crippen molar-refractivity contribution in [2.24, 2.45) is 0 Å². The van der Waals surface area contributed by atoms with E-state index in [0.29, 0.717) is 21.3 Å². The molecule has 0 aliphatic carbocycles. The number of nitrogens with one attached hydrogen (secondary N) is 1. The van der Waals surface area contributed by atoms with Gasteiger partial charge in [-0.15, -0.1) is 0 Å². The SMILES string of the molecule is Cc1cc(S(=O)(=O)Nc2cc(Cl)cnc2C(=O)O)ccc1Cl.N#Cc1ncc(Cl)cc1N. The van der Waals surface area contributed by atoms with E-state index in [1.807, 2.05) is 6.07 Å². The highest BCUT2D eigenvalue weighted by atomic mass is 35.5. The van der Waals surface area contributed by atoms with Crippen LogP contribution in [0, 0.1) is 18.3 Å². The van der Waals surface area contributed by atoms with Gasteiger partial charge in [-0.1, -0.05) is 34.8 Å². The Kier molecular flexibility index (Phi) is 8.24. The van der Waals surface area contributed by atoms with Crippen molar-refractivity contribution in [3.05, 3.63) is 74.7 Å². The van der Waals surface area contributed by atoms with Gasteiger partial charge in [-0.05, 0) is 42.8 Å². The molecule has 0 aliphatic heterocycles. The van der Waals surface area contributed by atoms with E-state index >= 15 is 0 Å². The van der Waals surface area contributed by atoms with E-state index in [4.69, 9.17) is 50.9 Å². The number of carboxylic acids is 1. The van der Waals surface area contributed by atoms with Crippen LogP contribution < -0.4 is 10.5 Å². The molecule has 1 aromatic carbocycles. The third kappa shape index (κ3) is 6.45. The molecule has 0 saturated heterocycles. The number of sulfonamides is 1. The number of aromatic nitrogens is 2. The van der Waals surface area contributed by atoms with Crippen molar-refractivity contribution >= 4 is 62.2 Å². The van der Waals surface area contributed by atoms with Crippen molar-refractivity contribution in [1.29, 1.82) is 5.26 Å². The van der Waals surface area contributed by atoms with Gasteiger partial charge in [-0.2, -0.15) is 5.26 Å². The first-order chi connectivity index (χ1) is 14.9. The van der Waals surface area contributed by atoms with Gasteiger partial charge in [0.25, 0.3) is 10.0 Å². The number of carbonyl (C=O) groups is 1. The second kappa shape index (κ2) is 10.5. The molecule has 9 nitrogen and oxygen atoms in total. The number of rotatable bonds is 4. The molecular weight excluding hydrogens is 501 g/mol. The van der Waals surface area contributed by atoms with Gasteiger partial charge in [0.05, 0.1) is 26.3 Å². The molecule has 0 saturated carbocycles. The summed E-state index contributed by atoms with van der Waals surface area (Å²) in [6.07, 6.45) is 2.51. The van der Waals surface area contributed by atoms with Crippen molar-refractivity contribution in [2.75, 3.05) is 10.5 Å². The molecule has 0 spiro atoms. The van der Waals surface area contributed by atoms with E-state index < -0.39 is 21.7 Å². The lowest BCUT2D eigenvalue weighted by Crippen LogP contribution is -2.16. The second-order valence-corrected chi connectivity index (χ2v) is 9.04. The zero-order valence-electron chi connectivity index (χ0n) is 16.2. The van der Waals surface area contributed by atoms with Gasteiger partial charge in [0, 0.05) is 17.4 Å². The van der Waals surface area contributed by atoms with Crippen LogP contribution in [0.25, 0.3) is 0 Å². The number of pyridine rings is 2. The number of nitriles is 1. The normalized spacial score (nSPS) is 10.5. The molecule has 166 valence electrons. The van der Waals surface area contributed by atoms with E-state index in [9.17, 15) is 13.2 Å². The molecule has 32 heavy (non-hydrogen) atoms. The Morgan fingerprint density at radius 1 is 1.12 bits per heavy atom. The fourth-order valence-corrected chi connectivity index (χ4v) is 3.81. The van der Waals surface area contributed by atoms with Gasteiger partial charge in [-0.3, -0.25) is 4.72 Å². The first-order valence-electron chi connectivity index (χ1n) is 8.43. The monoisotopic (exact) mass is 513 g/mol. The first-order valence-corrected chi connectivity index (χ1v) is 11.0. The summed E-state index contributed by atoms with van der Waals surface area (Å²) in [7, 11) is -4.00. The highest BCUT2D eigenvalue weighted by Crippen LogP contribution is 2.24. The van der Waals surface area contributed by atoms with Crippen LogP contribution in [0.15, 0.2) is 47.6 Å². The number of hydrogen-bond donors (Lipinski definition) is 3. The Morgan fingerprint density at radius 2 is 1.75 bits per heavy atom. The van der Waals surface area contributed by atoms with Gasteiger partial charge >= 0.3 is 5.97 Å². The number of anilines is 2. The summed E-state index contributed by atoms with van der Waals surface area (Å²) in [5.74, 6) is -1.37. The second-order valence-electron chi connectivity index (χ2n) is 6.07. The van der Waals surface area contributed by atoms with Crippen molar-refractivity contribution in [3.63, 3.8) is 0 Å². The van der Waals surface area contributed by atoms with Crippen LogP contribution in [0.5, 0.6) is 0 Å². The largest absolute Gasteiger partial charge is 0.476 e. The third-order valence-corrected chi connectivity index (χ3v) is 5.93. The standard InChI is InChI=1S/C13H10Cl2N2O4S.C6H4ClN3/c1-7-4-9(2-3-10(7)15)22(20,21)17-11-5-8(14)6-16-12(11)13(18)19;7-4-1-5(9)6(2-8)10-3-4/h2-6,17H,1H3,(H,18,19);1,3H,9H2. The summed E-state index contributed by atoms with van der Waals surface area (Å²) in [6, 6.07) is 8.64. The summed E-state index contributed by atoms with van der Waals surface area (Å²) in [4.78, 5) is 18.3. The summed E-state index contributed by atoms with van der Waals surface area (Å²) >= 11 is 17.1. The molecule has 2 aromatic heterocycles. The zero-order valence-corrected chi connectivity index (χ0v) is 19.3. The van der Waals surface area contributed by atoms with Crippen molar-refractivity contribution < 1.29 is 18.3 Å². The quantitative estimate of drug-likeness (QED) is 0.462. The number of nitrogens with two attached hydrogens (primary N) is 1. The highest BCUT2D eigenvalue weighted by molar-refractivity contribution is 7.92. The number of nitrogen functional groups attached to an aromatic ring is 1. The topological polar surface area (TPSA) is 159 Å². The van der Waals surface area contributed by atoms with E-state index in [0.717, 1.165) is 6.20 Å². The molecule has 13 heteroatoms. The van der Waals surface area contributed by atoms with E-state index in [1.54, 1.807) is 6.92 Å². The molecule has 4 N–H and O–H groups in total. The van der Waals surface area contributed by atoms with Gasteiger partial charge in [0.1, 0.15) is 6.07 Å². The summed E-state index contributed by atoms with van der Waals surface area (Å²) < 4.78 is 26.8. The molecule has 3 aromatic rings. The van der Waals surface area contributed by atoms with Crippen LogP contribution in [0.1, 0.15) is 21.7 Å². The van der Waals surface area contributed by atoms with Crippen LogP contribution in [0.4, 0.5) is 11.4 Å². The molecule has 0 radical (unpaired) electrons. The zero-order chi connectivity index (χ0) is 24.1. The maximum Gasteiger partial charge on any atom is 0.356 e. The molecular formula is C19H14Cl3N5O4S. The predicted molar refractivity (Wildman–Crippen MR) is 122 cm³/mol. The van der Waals surface area contributed by atoms with E-state index in [2.05, 4.69) is 14.7 Å². The Balaban J connectivity index is 0.000000303. The maximum absolute atomic E-state index is 12.3. The number of hydrogen-bond acceptors (Lipinski definition) is 7.